The Morgan fingerprint density at radius 3 is 2.44 bits per heavy atom. The van der Waals surface area contributed by atoms with Crippen LogP contribution in [0, 0.1) is 6.92 Å². The molecule has 0 amide bonds. The van der Waals surface area contributed by atoms with Crippen LogP contribution in [0.5, 0.6) is 5.75 Å². The molecule has 0 saturated heterocycles. The van der Waals surface area contributed by atoms with Crippen molar-refractivity contribution < 1.29 is 9.53 Å². The lowest BCUT2D eigenvalue weighted by atomic mass is 10.1. The zero-order valence-corrected chi connectivity index (χ0v) is 15.1. The number of ketones is 1. The maximum absolute atomic E-state index is 12.5. The highest BCUT2D eigenvalue weighted by Crippen LogP contribution is 2.25. The Labute approximate surface area is 150 Å². The number of Topliss-reactive ketones (excluding diaryl/α,β-unsaturated/α-hetero) is 1. The van der Waals surface area contributed by atoms with E-state index in [4.69, 9.17) is 4.74 Å². The molecule has 2 aromatic carbocycles. The van der Waals surface area contributed by atoms with E-state index in [0.29, 0.717) is 16.5 Å². The molecule has 0 bridgehead atoms. The van der Waals surface area contributed by atoms with Crippen LogP contribution in [0.1, 0.15) is 22.8 Å². The van der Waals surface area contributed by atoms with Crippen LogP contribution in [-0.2, 0) is 0 Å². The molecular formula is C19H19N3O2S. The highest BCUT2D eigenvalue weighted by atomic mass is 32.2. The van der Waals surface area contributed by atoms with Crippen molar-refractivity contribution >= 4 is 17.5 Å². The average molecular weight is 353 g/mol. The van der Waals surface area contributed by atoms with E-state index in [1.807, 2.05) is 62.4 Å². The summed E-state index contributed by atoms with van der Waals surface area (Å²) < 4.78 is 5.15. The van der Waals surface area contributed by atoms with E-state index in [2.05, 4.69) is 15.2 Å². The number of ether oxygens (including phenoxy) is 1. The molecule has 0 aliphatic heterocycles. The predicted molar refractivity (Wildman–Crippen MR) is 99.2 cm³/mol. The van der Waals surface area contributed by atoms with Gasteiger partial charge in [0.05, 0.1) is 12.4 Å². The van der Waals surface area contributed by atoms with Gasteiger partial charge in [0, 0.05) is 11.1 Å². The molecule has 1 N–H and O–H groups in total. The Morgan fingerprint density at radius 1 is 1.12 bits per heavy atom. The lowest BCUT2D eigenvalue weighted by Gasteiger charge is -2.07. The summed E-state index contributed by atoms with van der Waals surface area (Å²) in [4.78, 5) is 17.0. The van der Waals surface area contributed by atoms with E-state index < -0.39 is 0 Å². The molecule has 128 valence electrons. The Bertz CT molecular complexity index is 857. The number of aromatic nitrogens is 3. The van der Waals surface area contributed by atoms with Gasteiger partial charge in [0.15, 0.2) is 11.6 Å². The SMILES string of the molecule is COc1ccc(-c2nc(SC(C)C(=O)c3ccc(C)cc3)n[nH]2)cc1. The summed E-state index contributed by atoms with van der Waals surface area (Å²) in [6.07, 6.45) is 0. The van der Waals surface area contributed by atoms with Crippen molar-refractivity contribution in [1.82, 2.24) is 15.2 Å². The third kappa shape index (κ3) is 4.09. The molecule has 0 saturated carbocycles. The number of carbonyl (C=O) groups is 1. The third-order valence-corrected chi connectivity index (χ3v) is 4.78. The van der Waals surface area contributed by atoms with Crippen molar-refractivity contribution in [2.45, 2.75) is 24.3 Å². The van der Waals surface area contributed by atoms with Crippen LogP contribution in [0.25, 0.3) is 11.4 Å². The van der Waals surface area contributed by atoms with Crippen LogP contribution in [0.15, 0.2) is 53.7 Å². The minimum Gasteiger partial charge on any atom is -0.497 e. The van der Waals surface area contributed by atoms with Gasteiger partial charge in [-0.25, -0.2) is 4.98 Å². The molecule has 1 heterocycles. The van der Waals surface area contributed by atoms with Crippen LogP contribution in [0.2, 0.25) is 0 Å². The first kappa shape index (κ1) is 17.2. The van der Waals surface area contributed by atoms with Crippen LogP contribution in [0.3, 0.4) is 0 Å². The highest BCUT2D eigenvalue weighted by Gasteiger charge is 2.19. The van der Waals surface area contributed by atoms with Crippen molar-refractivity contribution in [2.24, 2.45) is 0 Å². The third-order valence-electron chi connectivity index (χ3n) is 3.82. The number of carbonyl (C=O) groups excluding carboxylic acids is 1. The first-order valence-electron chi connectivity index (χ1n) is 7.91. The van der Waals surface area contributed by atoms with E-state index in [9.17, 15) is 4.79 Å². The molecule has 1 aromatic heterocycles. The second-order valence-electron chi connectivity index (χ2n) is 5.69. The molecule has 0 fully saturated rings. The van der Waals surface area contributed by atoms with E-state index >= 15 is 0 Å². The van der Waals surface area contributed by atoms with Gasteiger partial charge in [-0.3, -0.25) is 9.89 Å². The molecule has 6 heteroatoms. The summed E-state index contributed by atoms with van der Waals surface area (Å²) >= 11 is 1.35. The number of hydrogen-bond donors (Lipinski definition) is 1. The van der Waals surface area contributed by atoms with E-state index in [1.165, 1.54) is 11.8 Å². The zero-order valence-electron chi connectivity index (χ0n) is 14.3. The number of thioether (sulfide) groups is 1. The lowest BCUT2D eigenvalue weighted by molar-refractivity contribution is 0.0994. The molecule has 3 aromatic rings. The van der Waals surface area contributed by atoms with Crippen molar-refractivity contribution in [3.8, 4) is 17.1 Å². The van der Waals surface area contributed by atoms with Crippen molar-refractivity contribution in [1.29, 1.82) is 0 Å². The smallest absolute Gasteiger partial charge is 0.209 e. The second kappa shape index (κ2) is 7.53. The zero-order chi connectivity index (χ0) is 17.8. The summed E-state index contributed by atoms with van der Waals surface area (Å²) in [6, 6.07) is 15.2. The Morgan fingerprint density at radius 2 is 1.80 bits per heavy atom. The summed E-state index contributed by atoms with van der Waals surface area (Å²) in [5, 5.41) is 7.42. The molecule has 1 unspecified atom stereocenters. The number of aryl methyl sites for hydroxylation is 1. The van der Waals surface area contributed by atoms with E-state index in [-0.39, 0.29) is 11.0 Å². The topological polar surface area (TPSA) is 67.9 Å². The minimum atomic E-state index is -0.262. The van der Waals surface area contributed by atoms with E-state index in [0.717, 1.165) is 16.9 Å². The fourth-order valence-electron chi connectivity index (χ4n) is 2.34. The number of methoxy groups -OCH3 is 1. The van der Waals surface area contributed by atoms with Gasteiger partial charge in [0.2, 0.25) is 5.16 Å². The number of benzene rings is 2. The second-order valence-corrected chi connectivity index (χ2v) is 6.99. The average Bonchev–Trinajstić information content (AvgIpc) is 3.10. The largest absolute Gasteiger partial charge is 0.497 e. The first-order chi connectivity index (χ1) is 12.1. The number of aromatic amines is 1. The maximum Gasteiger partial charge on any atom is 0.209 e. The number of rotatable bonds is 6. The van der Waals surface area contributed by atoms with Gasteiger partial charge < -0.3 is 4.74 Å². The number of H-pyrrole nitrogens is 1. The molecule has 5 nitrogen and oxygen atoms in total. The monoisotopic (exact) mass is 353 g/mol. The summed E-state index contributed by atoms with van der Waals surface area (Å²) in [5.74, 6) is 1.52. The number of hydrogen-bond acceptors (Lipinski definition) is 5. The number of nitrogens with zero attached hydrogens (tertiary/aromatic N) is 2. The molecular weight excluding hydrogens is 334 g/mol. The standard InChI is InChI=1S/C19H19N3O2S/c1-12-4-6-14(7-5-12)17(23)13(2)25-19-20-18(21-22-19)15-8-10-16(24-3)11-9-15/h4-11,13H,1-3H3,(H,20,21,22). The van der Waals surface area contributed by atoms with Crippen LogP contribution < -0.4 is 4.74 Å². The molecule has 1 atom stereocenters. The van der Waals surface area contributed by atoms with E-state index in [1.54, 1.807) is 7.11 Å². The molecule has 3 rings (SSSR count). The van der Waals surface area contributed by atoms with Gasteiger partial charge in [0.25, 0.3) is 0 Å². The molecule has 25 heavy (non-hydrogen) atoms. The lowest BCUT2D eigenvalue weighted by Crippen LogP contribution is -2.13. The van der Waals surface area contributed by atoms with Gasteiger partial charge >= 0.3 is 0 Å². The summed E-state index contributed by atoms with van der Waals surface area (Å²) in [7, 11) is 1.63. The molecule has 0 spiro atoms. The molecule has 0 radical (unpaired) electrons. The highest BCUT2D eigenvalue weighted by molar-refractivity contribution is 8.00. The van der Waals surface area contributed by atoms with Gasteiger partial charge in [-0.2, -0.15) is 0 Å². The van der Waals surface area contributed by atoms with Gasteiger partial charge in [-0.15, -0.1) is 5.10 Å². The van der Waals surface area contributed by atoms with Crippen molar-refractivity contribution in [2.75, 3.05) is 7.11 Å². The van der Waals surface area contributed by atoms with Gasteiger partial charge in [-0.1, -0.05) is 41.6 Å². The molecule has 0 aliphatic carbocycles. The summed E-state index contributed by atoms with van der Waals surface area (Å²) in [6.45, 7) is 3.87. The Kier molecular flexibility index (Phi) is 5.19. The van der Waals surface area contributed by atoms with Gasteiger partial charge in [0.1, 0.15) is 5.75 Å². The normalized spacial score (nSPS) is 12.0. The van der Waals surface area contributed by atoms with Crippen LogP contribution in [-0.4, -0.2) is 33.3 Å². The Hall–Kier alpha value is -2.60. The quantitative estimate of drug-likeness (QED) is 0.532. The minimum absolute atomic E-state index is 0.0702. The summed E-state index contributed by atoms with van der Waals surface area (Å²) in [5.41, 5.74) is 2.75. The fourth-order valence-corrected chi connectivity index (χ4v) is 3.14. The fraction of sp³-hybridized carbons (Fsp3) is 0.211. The predicted octanol–water partition coefficient (Wildman–Crippen LogP) is 4.15. The first-order valence-corrected chi connectivity index (χ1v) is 8.79. The van der Waals surface area contributed by atoms with Crippen molar-refractivity contribution in [3.63, 3.8) is 0 Å². The van der Waals surface area contributed by atoms with Crippen LogP contribution >= 0.6 is 11.8 Å². The van der Waals surface area contributed by atoms with Gasteiger partial charge in [-0.05, 0) is 38.1 Å². The van der Waals surface area contributed by atoms with Crippen molar-refractivity contribution in [3.05, 3.63) is 59.7 Å². The van der Waals surface area contributed by atoms with Crippen LogP contribution in [0.4, 0.5) is 0 Å². The maximum atomic E-state index is 12.5. The Balaban J connectivity index is 1.69. The number of nitrogens with one attached hydrogen (secondary N) is 1. The molecule has 0 aliphatic rings.